The van der Waals surface area contributed by atoms with E-state index in [0.717, 1.165) is 99.9 Å². The van der Waals surface area contributed by atoms with Crippen molar-refractivity contribution in [2.45, 2.75) is 0 Å². The smallest absolute Gasteiger partial charge is 0.146 e. The average Bonchev–Trinajstić information content (AvgIpc) is 3.90. The lowest BCUT2D eigenvalue weighted by atomic mass is 10.0. The summed E-state index contributed by atoms with van der Waals surface area (Å²) in [6.45, 7) is 0. The quantitative estimate of drug-likeness (QED) is 0.175. The molecule has 3 aromatic heterocycles. The summed E-state index contributed by atoms with van der Waals surface area (Å²) in [4.78, 5) is 4.51. The van der Waals surface area contributed by atoms with E-state index in [1.165, 1.54) is 0 Å². The van der Waals surface area contributed by atoms with Crippen LogP contribution < -0.4 is 9.80 Å². The van der Waals surface area contributed by atoms with Crippen LogP contribution in [0.25, 0.3) is 65.8 Å². The number of furan rings is 3. The molecule has 0 radical (unpaired) electrons. The van der Waals surface area contributed by atoms with Crippen molar-refractivity contribution < 1.29 is 13.3 Å². The standard InChI is InChI=1S/C48H28N2O3/c1-3-13-31(14-4-1)49(32-15-5-2-6-16-32)33-26-28-43-38(29-33)48-40(20-12-24-45(48)52-43)50(34-25-27-36-35-17-7-9-21-41(35)53-46(36)30-34)39-19-11-23-44-47(39)37-18-8-10-22-42(37)51-44/h1-10,12-18,20-30H. The molecule has 0 saturated carbocycles. The van der Waals surface area contributed by atoms with Crippen LogP contribution in [0.1, 0.15) is 0 Å². The Balaban J connectivity index is 1.20. The first-order valence-corrected chi connectivity index (χ1v) is 17.6. The summed E-state index contributed by atoms with van der Waals surface area (Å²) in [6.07, 6.45) is 0. The molecule has 8 aromatic carbocycles. The fourth-order valence-electron chi connectivity index (χ4n) is 7.78. The first-order valence-electron chi connectivity index (χ1n) is 17.6. The number of hydrogen-bond donors (Lipinski definition) is 0. The lowest BCUT2D eigenvalue weighted by molar-refractivity contribution is 0.669. The predicted molar refractivity (Wildman–Crippen MR) is 215 cm³/mol. The van der Waals surface area contributed by atoms with Crippen LogP contribution in [0.4, 0.5) is 34.1 Å². The maximum absolute atomic E-state index is 6.61. The van der Waals surface area contributed by atoms with Crippen LogP contribution in [0, 0.1) is 12.1 Å². The minimum absolute atomic E-state index is 0.739. The number of hydrogen-bond acceptors (Lipinski definition) is 5. The molecular weight excluding hydrogens is 653 g/mol. The van der Waals surface area contributed by atoms with Gasteiger partial charge in [-0.25, -0.2) is 0 Å². The van der Waals surface area contributed by atoms with Crippen LogP contribution in [0.3, 0.4) is 0 Å². The van der Waals surface area contributed by atoms with Crippen molar-refractivity contribution in [1.82, 2.24) is 0 Å². The maximum Gasteiger partial charge on any atom is 0.146 e. The molecule has 0 bridgehead atoms. The summed E-state index contributed by atoms with van der Waals surface area (Å²) in [7, 11) is 0. The Hall–Kier alpha value is -7.42. The highest BCUT2D eigenvalue weighted by Gasteiger charge is 2.25. The van der Waals surface area contributed by atoms with E-state index in [0.29, 0.717) is 0 Å². The third-order valence-corrected chi connectivity index (χ3v) is 10.1. The van der Waals surface area contributed by atoms with Crippen LogP contribution in [-0.2, 0) is 0 Å². The van der Waals surface area contributed by atoms with Crippen LogP contribution in [0.5, 0.6) is 0 Å². The first-order chi connectivity index (χ1) is 26.3. The van der Waals surface area contributed by atoms with Gasteiger partial charge >= 0.3 is 0 Å². The highest BCUT2D eigenvalue weighted by Crippen LogP contribution is 2.48. The highest BCUT2D eigenvalue weighted by molar-refractivity contribution is 6.18. The minimum atomic E-state index is 0.739. The number of fused-ring (bicyclic) bond motifs is 9. The van der Waals surface area contributed by atoms with Gasteiger partial charge in [0.05, 0.1) is 22.1 Å². The third-order valence-electron chi connectivity index (χ3n) is 10.1. The van der Waals surface area contributed by atoms with Crippen molar-refractivity contribution in [2.24, 2.45) is 0 Å². The molecular formula is C48H28N2O3. The fraction of sp³-hybridized carbons (Fsp3) is 0. The Morgan fingerprint density at radius 1 is 0.358 bits per heavy atom. The van der Waals surface area contributed by atoms with E-state index in [1.54, 1.807) is 0 Å². The van der Waals surface area contributed by atoms with Gasteiger partial charge in [-0.15, -0.1) is 0 Å². The molecule has 0 aliphatic heterocycles. The van der Waals surface area contributed by atoms with Gasteiger partial charge in [0.1, 0.15) is 39.2 Å². The second kappa shape index (κ2) is 11.6. The van der Waals surface area contributed by atoms with E-state index in [9.17, 15) is 0 Å². The second-order valence-electron chi connectivity index (χ2n) is 13.2. The molecule has 0 amide bonds. The second-order valence-corrected chi connectivity index (χ2v) is 13.2. The largest absolute Gasteiger partial charge is 0.456 e. The summed E-state index contributed by atoms with van der Waals surface area (Å²) < 4.78 is 19.4. The summed E-state index contributed by atoms with van der Waals surface area (Å²) in [5.74, 6) is 0. The Morgan fingerprint density at radius 2 is 0.943 bits per heavy atom. The molecule has 0 fully saturated rings. The van der Waals surface area contributed by atoms with Crippen molar-refractivity contribution in [2.75, 3.05) is 9.80 Å². The van der Waals surface area contributed by atoms with Crippen LogP contribution in [0.2, 0.25) is 0 Å². The molecule has 0 aliphatic carbocycles. The van der Waals surface area contributed by atoms with E-state index in [2.05, 4.69) is 125 Å². The Bertz CT molecular complexity index is 3100. The number of anilines is 6. The molecule has 0 aliphatic rings. The van der Waals surface area contributed by atoms with Gasteiger partial charge in [0.25, 0.3) is 0 Å². The molecule has 248 valence electrons. The molecule has 0 atom stereocenters. The Morgan fingerprint density at radius 3 is 1.74 bits per heavy atom. The molecule has 0 spiro atoms. The third kappa shape index (κ3) is 4.60. The van der Waals surface area contributed by atoms with Crippen molar-refractivity contribution in [1.29, 1.82) is 0 Å². The van der Waals surface area contributed by atoms with Crippen molar-refractivity contribution in [3.63, 3.8) is 0 Å². The average molecular weight is 681 g/mol. The molecule has 5 heteroatoms. The molecule has 0 N–H and O–H groups in total. The zero-order valence-electron chi connectivity index (χ0n) is 28.3. The van der Waals surface area contributed by atoms with E-state index >= 15 is 0 Å². The van der Waals surface area contributed by atoms with Gasteiger partial charge in [-0.1, -0.05) is 84.9 Å². The topological polar surface area (TPSA) is 45.9 Å². The highest BCUT2D eigenvalue weighted by atomic mass is 16.3. The molecule has 11 rings (SSSR count). The predicted octanol–water partition coefficient (Wildman–Crippen LogP) is 13.9. The number of rotatable bonds is 6. The Labute approximate surface area is 304 Å². The minimum Gasteiger partial charge on any atom is -0.456 e. The molecule has 5 nitrogen and oxygen atoms in total. The summed E-state index contributed by atoms with van der Waals surface area (Å²) in [6, 6.07) is 64.9. The summed E-state index contributed by atoms with van der Waals surface area (Å²) in [5.41, 5.74) is 10.6. The van der Waals surface area contributed by atoms with Gasteiger partial charge in [0.2, 0.25) is 0 Å². The Kier molecular flexibility index (Phi) is 6.40. The normalized spacial score (nSPS) is 11.6. The van der Waals surface area contributed by atoms with Crippen LogP contribution in [-0.4, -0.2) is 0 Å². The maximum atomic E-state index is 6.61. The van der Waals surface area contributed by atoms with Gasteiger partial charge < -0.3 is 23.1 Å². The van der Waals surface area contributed by atoms with E-state index < -0.39 is 0 Å². The monoisotopic (exact) mass is 680 g/mol. The van der Waals surface area contributed by atoms with Crippen molar-refractivity contribution in [3.8, 4) is 0 Å². The summed E-state index contributed by atoms with van der Waals surface area (Å²) in [5, 5.41) is 6.08. The van der Waals surface area contributed by atoms with Crippen LogP contribution >= 0.6 is 0 Å². The van der Waals surface area contributed by atoms with Crippen LogP contribution in [0.15, 0.2) is 183 Å². The van der Waals surface area contributed by atoms with E-state index in [-0.39, 0.29) is 0 Å². The zero-order chi connectivity index (χ0) is 34.9. The molecule has 11 aromatic rings. The molecule has 0 unspecified atom stereocenters. The molecule has 53 heavy (non-hydrogen) atoms. The van der Waals surface area contributed by atoms with Crippen molar-refractivity contribution >= 4 is 99.9 Å². The fourth-order valence-corrected chi connectivity index (χ4v) is 7.78. The molecule has 0 saturated heterocycles. The van der Waals surface area contributed by atoms with Gasteiger partial charge in [0, 0.05) is 50.7 Å². The number of para-hydroxylation sites is 4. The number of nitrogens with zero attached hydrogens (tertiary/aromatic N) is 2. The first kappa shape index (κ1) is 29.3. The van der Waals surface area contributed by atoms with Gasteiger partial charge in [-0.2, -0.15) is 0 Å². The van der Waals surface area contributed by atoms with Gasteiger partial charge in [0.15, 0.2) is 0 Å². The van der Waals surface area contributed by atoms with Gasteiger partial charge in [-0.3, -0.25) is 0 Å². The van der Waals surface area contributed by atoms with Crippen molar-refractivity contribution in [3.05, 3.63) is 182 Å². The van der Waals surface area contributed by atoms with Gasteiger partial charge in [-0.05, 0) is 84.9 Å². The number of benzene rings is 7. The van der Waals surface area contributed by atoms with E-state index in [1.807, 2.05) is 66.7 Å². The lowest BCUT2D eigenvalue weighted by Gasteiger charge is -2.26. The zero-order valence-corrected chi connectivity index (χ0v) is 28.3. The van der Waals surface area contributed by atoms with E-state index in [4.69, 9.17) is 13.3 Å². The summed E-state index contributed by atoms with van der Waals surface area (Å²) >= 11 is 0. The lowest BCUT2D eigenvalue weighted by Crippen LogP contribution is -2.10. The molecule has 3 heterocycles. The SMILES string of the molecule is c1cc2oc3ccccc3c2c(N(c2ccc3c(c2)oc2ccccc23)c2cccc3oc4ccc(N(c5ccccc5)c5ccccc5)cc4c23)c#1.